The van der Waals surface area contributed by atoms with E-state index < -0.39 is 0 Å². The molecule has 0 saturated carbocycles. The zero-order valence-electron chi connectivity index (χ0n) is 10.5. The molecule has 88 valence electrons. The van der Waals surface area contributed by atoms with E-state index in [1.54, 1.807) is 0 Å². The predicted molar refractivity (Wildman–Crippen MR) is 65.5 cm³/mol. The second kappa shape index (κ2) is 5.26. The summed E-state index contributed by atoms with van der Waals surface area (Å²) < 4.78 is 5.62. The largest absolute Gasteiger partial charge is 0.365 e. The quantitative estimate of drug-likeness (QED) is 0.779. The van der Waals surface area contributed by atoms with E-state index in [0.29, 0.717) is 6.42 Å². The summed E-state index contributed by atoms with van der Waals surface area (Å²) >= 11 is 0. The standard InChI is InChI=1S/C14H20O2/c1-11(16-14(2,3)4)13(15)10-12-8-6-5-7-9-12/h5-9,11H,10H2,1-4H3. The molecule has 1 aromatic rings. The maximum atomic E-state index is 11.9. The number of rotatable bonds is 4. The van der Waals surface area contributed by atoms with Crippen LogP contribution in [-0.4, -0.2) is 17.5 Å². The highest BCUT2D eigenvalue weighted by molar-refractivity contribution is 5.84. The van der Waals surface area contributed by atoms with Gasteiger partial charge in [0, 0.05) is 6.42 Å². The zero-order valence-corrected chi connectivity index (χ0v) is 10.5. The van der Waals surface area contributed by atoms with E-state index >= 15 is 0 Å². The molecule has 0 aliphatic rings. The molecule has 0 fully saturated rings. The molecular formula is C14H20O2. The van der Waals surface area contributed by atoms with Crippen molar-refractivity contribution >= 4 is 5.78 Å². The maximum absolute atomic E-state index is 11.9. The Balaban J connectivity index is 2.53. The van der Waals surface area contributed by atoms with Gasteiger partial charge >= 0.3 is 0 Å². The molecule has 0 aromatic heterocycles. The van der Waals surface area contributed by atoms with Crippen LogP contribution < -0.4 is 0 Å². The average Bonchev–Trinajstić information content (AvgIpc) is 2.16. The van der Waals surface area contributed by atoms with E-state index in [0.717, 1.165) is 5.56 Å². The van der Waals surface area contributed by atoms with Crippen molar-refractivity contribution in [2.45, 2.75) is 45.8 Å². The van der Waals surface area contributed by atoms with Gasteiger partial charge in [-0.15, -0.1) is 0 Å². The van der Waals surface area contributed by atoms with Gasteiger partial charge in [0.1, 0.15) is 6.10 Å². The fraction of sp³-hybridized carbons (Fsp3) is 0.500. The van der Waals surface area contributed by atoms with Gasteiger partial charge in [0.05, 0.1) is 5.60 Å². The van der Waals surface area contributed by atoms with Crippen molar-refractivity contribution in [2.24, 2.45) is 0 Å². The number of hydrogen-bond donors (Lipinski definition) is 0. The van der Waals surface area contributed by atoms with Crippen LogP contribution in [0.5, 0.6) is 0 Å². The van der Waals surface area contributed by atoms with Crippen LogP contribution in [0.3, 0.4) is 0 Å². The molecule has 16 heavy (non-hydrogen) atoms. The van der Waals surface area contributed by atoms with Gasteiger partial charge in [-0.2, -0.15) is 0 Å². The molecule has 0 amide bonds. The lowest BCUT2D eigenvalue weighted by Crippen LogP contribution is -2.31. The van der Waals surface area contributed by atoms with Crippen molar-refractivity contribution in [3.8, 4) is 0 Å². The summed E-state index contributed by atoms with van der Waals surface area (Å²) in [4.78, 5) is 11.9. The van der Waals surface area contributed by atoms with E-state index in [2.05, 4.69) is 0 Å². The van der Waals surface area contributed by atoms with Crippen LogP contribution in [0.4, 0.5) is 0 Å². The minimum atomic E-state index is -0.347. The number of Topliss-reactive ketones (excluding diaryl/α,β-unsaturated/α-hetero) is 1. The Morgan fingerprint density at radius 3 is 2.31 bits per heavy atom. The van der Waals surface area contributed by atoms with E-state index in [1.807, 2.05) is 58.0 Å². The molecule has 0 aliphatic heterocycles. The maximum Gasteiger partial charge on any atom is 0.165 e. The monoisotopic (exact) mass is 220 g/mol. The molecule has 0 saturated heterocycles. The Bertz CT molecular complexity index is 336. The molecule has 1 aromatic carbocycles. The molecule has 2 heteroatoms. The topological polar surface area (TPSA) is 26.3 Å². The Kier molecular flexibility index (Phi) is 4.25. The lowest BCUT2D eigenvalue weighted by atomic mass is 10.1. The third-order valence-corrected chi connectivity index (χ3v) is 2.20. The number of ether oxygens (including phenoxy) is 1. The van der Waals surface area contributed by atoms with E-state index in [9.17, 15) is 4.79 Å². The van der Waals surface area contributed by atoms with E-state index in [4.69, 9.17) is 4.74 Å². The van der Waals surface area contributed by atoms with Crippen LogP contribution in [-0.2, 0) is 16.0 Å². The average molecular weight is 220 g/mol. The first kappa shape index (κ1) is 12.9. The number of hydrogen-bond acceptors (Lipinski definition) is 2. The summed E-state index contributed by atoms with van der Waals surface area (Å²) in [5.74, 6) is 0.126. The van der Waals surface area contributed by atoms with Crippen molar-refractivity contribution < 1.29 is 9.53 Å². The molecule has 0 spiro atoms. The minimum absolute atomic E-state index is 0.126. The van der Waals surface area contributed by atoms with Crippen molar-refractivity contribution in [3.05, 3.63) is 35.9 Å². The molecule has 0 heterocycles. The van der Waals surface area contributed by atoms with Crippen LogP contribution in [0.25, 0.3) is 0 Å². The molecule has 1 unspecified atom stereocenters. The highest BCUT2D eigenvalue weighted by atomic mass is 16.5. The SMILES string of the molecule is CC(OC(C)(C)C)C(=O)Cc1ccccc1. The Morgan fingerprint density at radius 2 is 1.81 bits per heavy atom. The summed E-state index contributed by atoms with van der Waals surface area (Å²) in [5.41, 5.74) is 0.767. The van der Waals surface area contributed by atoms with Crippen molar-refractivity contribution in [1.29, 1.82) is 0 Å². The van der Waals surface area contributed by atoms with Gasteiger partial charge < -0.3 is 4.74 Å². The van der Waals surface area contributed by atoms with Crippen LogP contribution in [0, 0.1) is 0 Å². The molecule has 0 bridgehead atoms. The second-order valence-electron chi connectivity index (χ2n) is 5.00. The molecule has 0 radical (unpaired) electrons. The smallest absolute Gasteiger partial charge is 0.165 e. The fourth-order valence-electron chi connectivity index (χ4n) is 1.54. The summed E-state index contributed by atoms with van der Waals surface area (Å²) in [5, 5.41) is 0. The van der Waals surface area contributed by atoms with Gasteiger partial charge in [-0.05, 0) is 33.3 Å². The fourth-order valence-corrected chi connectivity index (χ4v) is 1.54. The van der Waals surface area contributed by atoms with E-state index in [-0.39, 0.29) is 17.5 Å². The zero-order chi connectivity index (χ0) is 12.2. The number of carbonyl (C=O) groups excluding carboxylic acids is 1. The predicted octanol–water partition coefficient (Wildman–Crippen LogP) is 3.00. The first-order valence-corrected chi connectivity index (χ1v) is 5.63. The Labute approximate surface area is 97.6 Å². The first-order chi connectivity index (χ1) is 7.38. The Morgan fingerprint density at radius 1 is 1.25 bits per heavy atom. The van der Waals surface area contributed by atoms with Crippen LogP contribution in [0.2, 0.25) is 0 Å². The lowest BCUT2D eigenvalue weighted by Gasteiger charge is -2.24. The highest BCUT2D eigenvalue weighted by Crippen LogP contribution is 2.12. The number of carbonyl (C=O) groups is 1. The van der Waals surface area contributed by atoms with Gasteiger partial charge in [0.15, 0.2) is 5.78 Å². The highest BCUT2D eigenvalue weighted by Gasteiger charge is 2.20. The molecule has 0 aliphatic carbocycles. The normalized spacial score (nSPS) is 13.5. The van der Waals surface area contributed by atoms with Gasteiger partial charge in [0.25, 0.3) is 0 Å². The molecule has 1 atom stereocenters. The third-order valence-electron chi connectivity index (χ3n) is 2.20. The minimum Gasteiger partial charge on any atom is -0.365 e. The lowest BCUT2D eigenvalue weighted by molar-refractivity contribution is -0.137. The van der Waals surface area contributed by atoms with E-state index in [1.165, 1.54) is 0 Å². The van der Waals surface area contributed by atoms with Crippen molar-refractivity contribution in [3.63, 3.8) is 0 Å². The molecule has 1 rings (SSSR count). The van der Waals surface area contributed by atoms with Crippen LogP contribution in [0.1, 0.15) is 33.3 Å². The molecule has 2 nitrogen and oxygen atoms in total. The Hall–Kier alpha value is -1.15. The van der Waals surface area contributed by atoms with Gasteiger partial charge in [-0.1, -0.05) is 30.3 Å². The second-order valence-corrected chi connectivity index (χ2v) is 5.00. The molecule has 0 N–H and O–H groups in total. The molecular weight excluding hydrogens is 200 g/mol. The first-order valence-electron chi connectivity index (χ1n) is 5.63. The summed E-state index contributed by atoms with van der Waals surface area (Å²) in [6.07, 6.45) is 0.0955. The summed E-state index contributed by atoms with van der Waals surface area (Å²) in [6, 6.07) is 9.75. The number of benzene rings is 1. The van der Waals surface area contributed by atoms with Crippen molar-refractivity contribution in [1.82, 2.24) is 0 Å². The van der Waals surface area contributed by atoms with Gasteiger partial charge in [0.2, 0.25) is 0 Å². The van der Waals surface area contributed by atoms with Crippen molar-refractivity contribution in [2.75, 3.05) is 0 Å². The third kappa shape index (κ3) is 4.58. The van der Waals surface area contributed by atoms with Crippen LogP contribution in [0.15, 0.2) is 30.3 Å². The summed E-state index contributed by atoms with van der Waals surface area (Å²) in [6.45, 7) is 7.69. The number of ketones is 1. The van der Waals surface area contributed by atoms with Crippen LogP contribution >= 0.6 is 0 Å². The van der Waals surface area contributed by atoms with Gasteiger partial charge in [-0.3, -0.25) is 4.79 Å². The summed E-state index contributed by atoms with van der Waals surface area (Å²) in [7, 11) is 0. The van der Waals surface area contributed by atoms with Gasteiger partial charge in [-0.25, -0.2) is 0 Å².